The van der Waals surface area contributed by atoms with E-state index >= 15 is 0 Å². The largest absolute Gasteiger partial charge is 0.398 e. The summed E-state index contributed by atoms with van der Waals surface area (Å²) in [4.78, 5) is 2.50. The Kier molecular flexibility index (Phi) is 4.64. The first-order chi connectivity index (χ1) is 9.19. The Balaban J connectivity index is 1.78. The fourth-order valence-corrected chi connectivity index (χ4v) is 2.41. The number of hydrogen-bond donors (Lipinski definition) is 2. The van der Waals surface area contributed by atoms with Crippen LogP contribution in [-0.2, 0) is 0 Å². The highest BCUT2D eigenvalue weighted by molar-refractivity contribution is 5.61. The Hall–Kier alpha value is -1.73. The van der Waals surface area contributed by atoms with Gasteiger partial charge in [-0.05, 0) is 50.0 Å². The second-order valence-corrected chi connectivity index (χ2v) is 5.36. The molecule has 1 aliphatic heterocycles. The molecule has 4 heteroatoms. The molecule has 0 saturated carbocycles. The SMILES string of the molecule is CC1CCN(CCNc2ccc(N)c(C#N)c2)CC1. The summed E-state index contributed by atoms with van der Waals surface area (Å²) in [5.74, 6) is 0.875. The number of likely N-dealkylation sites (tertiary alicyclic amines) is 1. The normalized spacial score (nSPS) is 17.1. The molecule has 102 valence electrons. The summed E-state index contributed by atoms with van der Waals surface area (Å²) in [7, 11) is 0. The van der Waals surface area contributed by atoms with Gasteiger partial charge in [-0.1, -0.05) is 6.92 Å². The van der Waals surface area contributed by atoms with Gasteiger partial charge < -0.3 is 16.0 Å². The monoisotopic (exact) mass is 258 g/mol. The molecule has 0 atom stereocenters. The fourth-order valence-electron chi connectivity index (χ4n) is 2.41. The standard InChI is InChI=1S/C15H22N4/c1-12-4-7-19(8-5-12)9-6-18-14-2-3-15(17)13(10-14)11-16/h2-3,10,12,18H,4-9,17H2,1H3. The number of hydrogen-bond acceptors (Lipinski definition) is 4. The summed E-state index contributed by atoms with van der Waals surface area (Å²) in [5.41, 5.74) is 7.75. The molecule has 19 heavy (non-hydrogen) atoms. The zero-order valence-electron chi connectivity index (χ0n) is 11.5. The third kappa shape index (κ3) is 3.87. The number of piperidine rings is 1. The van der Waals surface area contributed by atoms with Crippen LogP contribution in [0.3, 0.4) is 0 Å². The maximum atomic E-state index is 8.93. The zero-order valence-corrected chi connectivity index (χ0v) is 11.5. The summed E-state index contributed by atoms with van der Waals surface area (Å²) in [6, 6.07) is 7.62. The van der Waals surface area contributed by atoms with Gasteiger partial charge in [-0.2, -0.15) is 5.26 Å². The minimum atomic E-state index is 0.539. The first kappa shape index (κ1) is 13.7. The van der Waals surface area contributed by atoms with E-state index in [4.69, 9.17) is 11.0 Å². The lowest BCUT2D eigenvalue weighted by molar-refractivity contribution is 0.199. The van der Waals surface area contributed by atoms with Crippen LogP contribution in [0.1, 0.15) is 25.3 Å². The molecule has 1 saturated heterocycles. The van der Waals surface area contributed by atoms with Crippen LogP contribution in [0, 0.1) is 17.2 Å². The first-order valence-corrected chi connectivity index (χ1v) is 6.95. The molecule has 3 N–H and O–H groups in total. The predicted octanol–water partition coefficient (Wildman–Crippen LogP) is 2.28. The summed E-state index contributed by atoms with van der Waals surface area (Å²) >= 11 is 0. The van der Waals surface area contributed by atoms with Crippen molar-refractivity contribution in [3.63, 3.8) is 0 Å². The molecule has 0 aromatic heterocycles. The molecule has 0 bridgehead atoms. The van der Waals surface area contributed by atoms with E-state index in [2.05, 4.69) is 23.2 Å². The highest BCUT2D eigenvalue weighted by Crippen LogP contribution is 2.17. The fraction of sp³-hybridized carbons (Fsp3) is 0.533. The Labute approximate surface area is 115 Å². The second kappa shape index (κ2) is 6.44. The molecule has 1 aromatic carbocycles. The van der Waals surface area contributed by atoms with E-state index in [-0.39, 0.29) is 0 Å². The second-order valence-electron chi connectivity index (χ2n) is 5.36. The van der Waals surface area contributed by atoms with E-state index in [0.29, 0.717) is 11.3 Å². The number of benzene rings is 1. The molecule has 1 fully saturated rings. The summed E-state index contributed by atoms with van der Waals surface area (Å²) < 4.78 is 0. The Morgan fingerprint density at radius 2 is 2.16 bits per heavy atom. The van der Waals surface area contributed by atoms with Gasteiger partial charge >= 0.3 is 0 Å². The Bertz CT molecular complexity index is 456. The third-order valence-corrected chi connectivity index (χ3v) is 3.81. The van der Waals surface area contributed by atoms with Gasteiger partial charge in [-0.25, -0.2) is 0 Å². The molecule has 1 heterocycles. The van der Waals surface area contributed by atoms with Crippen molar-refractivity contribution in [1.82, 2.24) is 4.90 Å². The average molecular weight is 258 g/mol. The maximum Gasteiger partial charge on any atom is 0.101 e. The van der Waals surface area contributed by atoms with E-state index in [1.54, 1.807) is 6.07 Å². The smallest absolute Gasteiger partial charge is 0.101 e. The lowest BCUT2D eigenvalue weighted by Crippen LogP contribution is -2.36. The number of nitrogens with two attached hydrogens (primary N) is 1. The Morgan fingerprint density at radius 3 is 2.84 bits per heavy atom. The first-order valence-electron chi connectivity index (χ1n) is 6.95. The van der Waals surface area contributed by atoms with Gasteiger partial charge in [0.05, 0.1) is 5.56 Å². The van der Waals surface area contributed by atoms with Crippen LogP contribution in [0.2, 0.25) is 0 Å². The molecule has 1 aromatic rings. The van der Waals surface area contributed by atoms with Crippen molar-refractivity contribution in [3.8, 4) is 6.07 Å². The molecular formula is C15H22N4. The lowest BCUT2D eigenvalue weighted by atomic mass is 9.99. The molecule has 0 aliphatic carbocycles. The van der Waals surface area contributed by atoms with Crippen molar-refractivity contribution in [2.45, 2.75) is 19.8 Å². The van der Waals surface area contributed by atoms with Gasteiger partial charge in [0.1, 0.15) is 6.07 Å². The molecule has 1 aliphatic rings. The highest BCUT2D eigenvalue weighted by atomic mass is 15.1. The molecule has 0 spiro atoms. The van der Waals surface area contributed by atoms with Crippen LogP contribution in [0.25, 0.3) is 0 Å². The quantitative estimate of drug-likeness (QED) is 0.813. The minimum absolute atomic E-state index is 0.539. The average Bonchev–Trinajstić information content (AvgIpc) is 2.43. The van der Waals surface area contributed by atoms with E-state index < -0.39 is 0 Å². The summed E-state index contributed by atoms with van der Waals surface area (Å²) in [6.07, 6.45) is 2.61. The van der Waals surface area contributed by atoms with Crippen LogP contribution >= 0.6 is 0 Å². The van der Waals surface area contributed by atoms with E-state index in [1.165, 1.54) is 25.9 Å². The highest BCUT2D eigenvalue weighted by Gasteiger charge is 2.14. The van der Waals surface area contributed by atoms with Crippen LogP contribution in [0.5, 0.6) is 0 Å². The number of anilines is 2. The molecule has 0 amide bonds. The van der Waals surface area contributed by atoms with Crippen molar-refractivity contribution in [1.29, 1.82) is 5.26 Å². The van der Waals surface area contributed by atoms with Crippen molar-refractivity contribution in [2.75, 3.05) is 37.2 Å². The minimum Gasteiger partial charge on any atom is -0.398 e. The van der Waals surface area contributed by atoms with Crippen LogP contribution in [-0.4, -0.2) is 31.1 Å². The van der Waals surface area contributed by atoms with Crippen molar-refractivity contribution >= 4 is 11.4 Å². The van der Waals surface area contributed by atoms with Gasteiger partial charge in [0, 0.05) is 24.5 Å². The van der Waals surface area contributed by atoms with Gasteiger partial charge in [0.15, 0.2) is 0 Å². The topological polar surface area (TPSA) is 65.1 Å². The molecule has 0 unspecified atom stereocenters. The summed E-state index contributed by atoms with van der Waals surface area (Å²) in [5, 5.41) is 12.3. The molecular weight excluding hydrogens is 236 g/mol. The van der Waals surface area contributed by atoms with Gasteiger partial charge in [-0.3, -0.25) is 0 Å². The van der Waals surface area contributed by atoms with Crippen LogP contribution in [0.15, 0.2) is 18.2 Å². The predicted molar refractivity (Wildman–Crippen MR) is 78.9 cm³/mol. The lowest BCUT2D eigenvalue weighted by Gasteiger charge is -2.30. The van der Waals surface area contributed by atoms with Gasteiger partial charge in [-0.15, -0.1) is 0 Å². The molecule has 4 nitrogen and oxygen atoms in total. The van der Waals surface area contributed by atoms with Crippen molar-refractivity contribution in [3.05, 3.63) is 23.8 Å². The molecule has 0 radical (unpaired) electrons. The third-order valence-electron chi connectivity index (χ3n) is 3.81. The number of nitriles is 1. The van der Waals surface area contributed by atoms with Crippen molar-refractivity contribution < 1.29 is 0 Å². The van der Waals surface area contributed by atoms with Gasteiger partial charge in [0.2, 0.25) is 0 Å². The van der Waals surface area contributed by atoms with Crippen LogP contribution < -0.4 is 11.1 Å². The number of rotatable bonds is 4. The number of nitrogens with zero attached hydrogens (tertiary/aromatic N) is 2. The van der Waals surface area contributed by atoms with Crippen LogP contribution in [0.4, 0.5) is 11.4 Å². The van der Waals surface area contributed by atoms with Gasteiger partial charge in [0.25, 0.3) is 0 Å². The number of nitrogen functional groups attached to an aromatic ring is 1. The Morgan fingerprint density at radius 1 is 1.42 bits per heavy atom. The summed E-state index contributed by atoms with van der Waals surface area (Å²) in [6.45, 7) is 6.69. The van der Waals surface area contributed by atoms with E-state index in [9.17, 15) is 0 Å². The zero-order chi connectivity index (χ0) is 13.7. The van der Waals surface area contributed by atoms with E-state index in [0.717, 1.165) is 24.7 Å². The van der Waals surface area contributed by atoms with Crippen molar-refractivity contribution in [2.24, 2.45) is 5.92 Å². The maximum absolute atomic E-state index is 8.93. The number of nitrogens with one attached hydrogen (secondary N) is 1. The molecule has 2 rings (SSSR count). The van der Waals surface area contributed by atoms with E-state index in [1.807, 2.05) is 12.1 Å².